The van der Waals surface area contributed by atoms with Gasteiger partial charge in [-0.3, -0.25) is 4.79 Å². The van der Waals surface area contributed by atoms with Crippen molar-refractivity contribution < 1.29 is 19.1 Å². The van der Waals surface area contributed by atoms with Gasteiger partial charge in [0.15, 0.2) is 0 Å². The number of amides is 2. The molecule has 6 heteroatoms. The molecule has 0 bridgehead atoms. The van der Waals surface area contributed by atoms with Crippen molar-refractivity contribution in [3.05, 3.63) is 64.1 Å². The van der Waals surface area contributed by atoms with E-state index in [4.69, 9.17) is 9.47 Å². The molecule has 0 N–H and O–H groups in total. The Morgan fingerprint density at radius 2 is 2.04 bits per heavy atom. The van der Waals surface area contributed by atoms with E-state index in [0.717, 1.165) is 15.6 Å². The predicted octanol–water partition coefficient (Wildman–Crippen LogP) is 3.59. The molecule has 1 aliphatic rings. The molecular weight excluding hydrogens is 386 g/mol. The molecular formula is C19H18BrNO4. The maximum atomic E-state index is 12.7. The molecule has 5 nitrogen and oxygen atoms in total. The van der Waals surface area contributed by atoms with Crippen LogP contribution in [0.2, 0.25) is 0 Å². The predicted molar refractivity (Wildman–Crippen MR) is 96.5 cm³/mol. The van der Waals surface area contributed by atoms with Crippen LogP contribution in [0.4, 0.5) is 4.79 Å². The Morgan fingerprint density at radius 1 is 1.28 bits per heavy atom. The number of carbonyl (C=O) groups is 2. The molecule has 1 saturated heterocycles. The third-order valence-corrected chi connectivity index (χ3v) is 4.63. The molecule has 1 heterocycles. The molecule has 0 aromatic heterocycles. The Kier molecular flexibility index (Phi) is 5.38. The first-order valence-corrected chi connectivity index (χ1v) is 8.73. The van der Waals surface area contributed by atoms with Crippen LogP contribution in [-0.2, 0) is 22.4 Å². The van der Waals surface area contributed by atoms with Gasteiger partial charge in [-0.2, -0.15) is 0 Å². The minimum Gasteiger partial charge on any atom is -0.496 e. The van der Waals surface area contributed by atoms with E-state index < -0.39 is 6.09 Å². The van der Waals surface area contributed by atoms with Gasteiger partial charge >= 0.3 is 6.09 Å². The Labute approximate surface area is 154 Å². The van der Waals surface area contributed by atoms with Crippen LogP contribution in [0.25, 0.3) is 0 Å². The summed E-state index contributed by atoms with van der Waals surface area (Å²) in [5, 5.41) is 0. The molecule has 0 saturated carbocycles. The molecule has 2 aromatic rings. The second-order valence-corrected chi connectivity index (χ2v) is 6.73. The standard InChI is InChI=1S/C19H18BrNO4/c1-24-17-11-15(20)8-7-14(17)10-18(22)21-16(12-25-19(21)23)9-13-5-3-2-4-6-13/h2-8,11,16H,9-10,12H2,1H3/t16-/m1/s1. The van der Waals surface area contributed by atoms with Crippen LogP contribution in [0.1, 0.15) is 11.1 Å². The van der Waals surface area contributed by atoms with Crippen molar-refractivity contribution in [2.75, 3.05) is 13.7 Å². The van der Waals surface area contributed by atoms with Gasteiger partial charge in [0.05, 0.1) is 19.6 Å². The number of hydrogen-bond donors (Lipinski definition) is 0. The highest BCUT2D eigenvalue weighted by Crippen LogP contribution is 2.26. The number of rotatable bonds is 5. The maximum absolute atomic E-state index is 12.7. The van der Waals surface area contributed by atoms with Crippen LogP contribution in [0.5, 0.6) is 5.75 Å². The zero-order valence-corrected chi connectivity index (χ0v) is 15.4. The van der Waals surface area contributed by atoms with Gasteiger partial charge in [-0.05, 0) is 24.1 Å². The Hall–Kier alpha value is -2.34. The average Bonchev–Trinajstić information content (AvgIpc) is 2.97. The third kappa shape index (κ3) is 4.02. The van der Waals surface area contributed by atoms with Crippen molar-refractivity contribution >= 4 is 27.9 Å². The molecule has 2 amide bonds. The molecule has 2 aromatic carbocycles. The van der Waals surface area contributed by atoms with Gasteiger partial charge in [0.25, 0.3) is 0 Å². The smallest absolute Gasteiger partial charge is 0.416 e. The van der Waals surface area contributed by atoms with E-state index in [1.807, 2.05) is 42.5 Å². The average molecular weight is 404 g/mol. The first kappa shape index (κ1) is 17.5. The minimum absolute atomic E-state index is 0.0802. The molecule has 130 valence electrons. The highest BCUT2D eigenvalue weighted by atomic mass is 79.9. The summed E-state index contributed by atoms with van der Waals surface area (Å²) in [6, 6.07) is 14.9. The van der Waals surface area contributed by atoms with Gasteiger partial charge in [-0.25, -0.2) is 9.69 Å². The fourth-order valence-electron chi connectivity index (χ4n) is 2.92. The summed E-state index contributed by atoms with van der Waals surface area (Å²) in [5.41, 5.74) is 1.79. The molecule has 25 heavy (non-hydrogen) atoms. The minimum atomic E-state index is -0.581. The van der Waals surface area contributed by atoms with E-state index in [9.17, 15) is 9.59 Å². The van der Waals surface area contributed by atoms with Crippen molar-refractivity contribution in [1.29, 1.82) is 0 Å². The normalized spacial score (nSPS) is 16.6. The second-order valence-electron chi connectivity index (χ2n) is 5.82. The van der Waals surface area contributed by atoms with Gasteiger partial charge < -0.3 is 9.47 Å². The lowest BCUT2D eigenvalue weighted by molar-refractivity contribution is -0.128. The lowest BCUT2D eigenvalue weighted by Crippen LogP contribution is -2.41. The molecule has 1 aliphatic heterocycles. The van der Waals surface area contributed by atoms with E-state index in [0.29, 0.717) is 12.2 Å². The lowest BCUT2D eigenvalue weighted by atomic mass is 10.0. The summed E-state index contributed by atoms with van der Waals surface area (Å²) >= 11 is 3.38. The van der Waals surface area contributed by atoms with Crippen molar-refractivity contribution in [3.63, 3.8) is 0 Å². The zero-order chi connectivity index (χ0) is 17.8. The molecule has 0 spiro atoms. The SMILES string of the molecule is COc1cc(Br)ccc1CC(=O)N1C(=O)OC[C@H]1Cc1ccccc1. The second kappa shape index (κ2) is 7.70. The summed E-state index contributed by atoms with van der Waals surface area (Å²) in [4.78, 5) is 26.0. The van der Waals surface area contributed by atoms with Crippen LogP contribution in [0.15, 0.2) is 53.0 Å². The molecule has 1 atom stereocenters. The first-order chi connectivity index (χ1) is 12.1. The van der Waals surface area contributed by atoms with Gasteiger partial charge in [-0.15, -0.1) is 0 Å². The van der Waals surface area contributed by atoms with Gasteiger partial charge in [0.2, 0.25) is 5.91 Å². The molecule has 0 aliphatic carbocycles. The van der Waals surface area contributed by atoms with Crippen LogP contribution in [-0.4, -0.2) is 36.7 Å². The number of methoxy groups -OCH3 is 1. The summed E-state index contributed by atoms with van der Waals surface area (Å²) < 4.78 is 11.3. The maximum Gasteiger partial charge on any atom is 0.416 e. The number of halogens is 1. The number of hydrogen-bond acceptors (Lipinski definition) is 4. The fraction of sp³-hybridized carbons (Fsp3) is 0.263. The number of imide groups is 1. The first-order valence-electron chi connectivity index (χ1n) is 7.93. The monoisotopic (exact) mass is 403 g/mol. The van der Waals surface area contributed by atoms with Crippen LogP contribution in [0.3, 0.4) is 0 Å². The Balaban J connectivity index is 1.76. The van der Waals surface area contributed by atoms with Crippen LogP contribution >= 0.6 is 15.9 Å². The summed E-state index contributed by atoms with van der Waals surface area (Å²) in [5.74, 6) is 0.318. The van der Waals surface area contributed by atoms with Crippen molar-refractivity contribution in [3.8, 4) is 5.75 Å². The summed E-state index contributed by atoms with van der Waals surface area (Å²) in [6.07, 6.45) is 0.0779. The Bertz CT molecular complexity index is 778. The fourth-order valence-corrected chi connectivity index (χ4v) is 3.26. The van der Waals surface area contributed by atoms with Crippen molar-refractivity contribution in [2.45, 2.75) is 18.9 Å². The molecule has 1 fully saturated rings. The number of ether oxygens (including phenoxy) is 2. The molecule has 3 rings (SSSR count). The van der Waals surface area contributed by atoms with Crippen LogP contribution < -0.4 is 4.74 Å². The number of benzene rings is 2. The lowest BCUT2D eigenvalue weighted by Gasteiger charge is -2.20. The highest BCUT2D eigenvalue weighted by molar-refractivity contribution is 9.10. The third-order valence-electron chi connectivity index (χ3n) is 4.13. The van der Waals surface area contributed by atoms with E-state index >= 15 is 0 Å². The van der Waals surface area contributed by atoms with Crippen molar-refractivity contribution in [2.24, 2.45) is 0 Å². The van der Waals surface area contributed by atoms with E-state index in [-0.39, 0.29) is 25.0 Å². The van der Waals surface area contributed by atoms with E-state index in [1.165, 1.54) is 4.90 Å². The van der Waals surface area contributed by atoms with E-state index in [2.05, 4.69) is 15.9 Å². The van der Waals surface area contributed by atoms with Gasteiger partial charge in [0.1, 0.15) is 12.4 Å². The quantitative estimate of drug-likeness (QED) is 0.765. The molecule has 0 unspecified atom stereocenters. The van der Waals surface area contributed by atoms with Gasteiger partial charge in [-0.1, -0.05) is 52.3 Å². The van der Waals surface area contributed by atoms with E-state index in [1.54, 1.807) is 13.2 Å². The largest absolute Gasteiger partial charge is 0.496 e. The highest BCUT2D eigenvalue weighted by Gasteiger charge is 2.37. The van der Waals surface area contributed by atoms with Crippen LogP contribution in [0, 0.1) is 0 Å². The number of carbonyl (C=O) groups excluding carboxylic acids is 2. The number of cyclic esters (lactones) is 1. The topological polar surface area (TPSA) is 55.8 Å². The summed E-state index contributed by atoms with van der Waals surface area (Å²) in [7, 11) is 1.55. The molecule has 0 radical (unpaired) electrons. The van der Waals surface area contributed by atoms with Gasteiger partial charge in [0, 0.05) is 10.0 Å². The Morgan fingerprint density at radius 3 is 2.76 bits per heavy atom. The number of nitrogens with zero attached hydrogens (tertiary/aromatic N) is 1. The zero-order valence-electron chi connectivity index (χ0n) is 13.8. The summed E-state index contributed by atoms with van der Waals surface area (Å²) in [6.45, 7) is 0.219. The van der Waals surface area contributed by atoms with Crippen molar-refractivity contribution in [1.82, 2.24) is 4.90 Å².